The van der Waals surface area contributed by atoms with Gasteiger partial charge in [0.15, 0.2) is 0 Å². The van der Waals surface area contributed by atoms with Crippen molar-refractivity contribution in [2.45, 2.75) is 11.8 Å². The number of rotatable bonds is 6. The van der Waals surface area contributed by atoms with Crippen LogP contribution in [0.4, 0.5) is 4.39 Å². The Morgan fingerprint density at radius 1 is 1.16 bits per heavy atom. The molecule has 0 saturated carbocycles. The number of carbonyl (C=O) groups is 1. The van der Waals surface area contributed by atoms with Gasteiger partial charge in [-0.1, -0.05) is 23.9 Å². The number of hydrogen-bond donors (Lipinski definition) is 0. The molecule has 128 valence electrons. The van der Waals surface area contributed by atoms with Crippen LogP contribution in [0.3, 0.4) is 0 Å². The highest BCUT2D eigenvalue weighted by Gasteiger charge is 2.14. The fourth-order valence-electron chi connectivity index (χ4n) is 2.06. The maximum atomic E-state index is 12.9. The van der Waals surface area contributed by atoms with Crippen molar-refractivity contribution in [1.29, 1.82) is 0 Å². The van der Waals surface area contributed by atoms with E-state index in [4.69, 9.17) is 4.42 Å². The smallest absolute Gasteiger partial charge is 0.277 e. The lowest BCUT2D eigenvalue weighted by molar-refractivity contribution is -0.127. The van der Waals surface area contributed by atoms with Crippen LogP contribution in [0.1, 0.15) is 5.56 Å². The minimum Gasteiger partial charge on any atom is -0.411 e. The van der Waals surface area contributed by atoms with Crippen LogP contribution in [0.5, 0.6) is 0 Å². The van der Waals surface area contributed by atoms with Crippen LogP contribution in [-0.2, 0) is 11.3 Å². The summed E-state index contributed by atoms with van der Waals surface area (Å²) in [5, 5.41) is 8.22. The van der Waals surface area contributed by atoms with Crippen molar-refractivity contribution < 1.29 is 13.6 Å². The number of halogens is 1. The maximum absolute atomic E-state index is 12.9. The lowest BCUT2D eigenvalue weighted by Crippen LogP contribution is -2.27. The molecule has 0 aliphatic rings. The lowest BCUT2D eigenvalue weighted by atomic mass is 10.2. The van der Waals surface area contributed by atoms with Crippen molar-refractivity contribution in [2.24, 2.45) is 0 Å². The van der Waals surface area contributed by atoms with E-state index in [-0.39, 0.29) is 17.5 Å². The third-order valence-corrected chi connectivity index (χ3v) is 4.21. The second-order valence-electron chi connectivity index (χ2n) is 5.27. The second-order valence-corrected chi connectivity index (χ2v) is 6.20. The average Bonchev–Trinajstić information content (AvgIpc) is 3.11. The Morgan fingerprint density at radius 2 is 1.88 bits per heavy atom. The molecule has 0 fully saturated rings. The summed E-state index contributed by atoms with van der Waals surface area (Å²) in [5.41, 5.74) is 1.63. The van der Waals surface area contributed by atoms with Gasteiger partial charge in [-0.25, -0.2) is 4.39 Å². The molecule has 2 aromatic heterocycles. The van der Waals surface area contributed by atoms with Crippen LogP contribution >= 0.6 is 11.8 Å². The summed E-state index contributed by atoms with van der Waals surface area (Å²) < 4.78 is 18.4. The van der Waals surface area contributed by atoms with E-state index >= 15 is 0 Å². The molecule has 3 rings (SSSR count). The first-order valence-electron chi connectivity index (χ1n) is 7.47. The van der Waals surface area contributed by atoms with Crippen LogP contribution in [0.2, 0.25) is 0 Å². The van der Waals surface area contributed by atoms with Gasteiger partial charge in [-0.15, -0.1) is 10.2 Å². The van der Waals surface area contributed by atoms with E-state index in [0.29, 0.717) is 17.7 Å². The molecule has 1 aromatic carbocycles. The summed E-state index contributed by atoms with van der Waals surface area (Å²) in [6, 6.07) is 9.60. The van der Waals surface area contributed by atoms with Gasteiger partial charge in [0.05, 0.1) is 5.75 Å². The Morgan fingerprint density at radius 3 is 2.60 bits per heavy atom. The quantitative estimate of drug-likeness (QED) is 0.631. The van der Waals surface area contributed by atoms with Crippen molar-refractivity contribution in [3.05, 3.63) is 60.2 Å². The highest BCUT2D eigenvalue weighted by Crippen LogP contribution is 2.22. The number of benzene rings is 1. The first-order valence-corrected chi connectivity index (χ1v) is 8.45. The number of thioether (sulfide) groups is 1. The zero-order chi connectivity index (χ0) is 17.6. The Kier molecular flexibility index (Phi) is 5.39. The zero-order valence-corrected chi connectivity index (χ0v) is 14.2. The molecule has 0 aliphatic carbocycles. The Balaban J connectivity index is 1.53. The molecule has 0 atom stereocenters. The third-order valence-electron chi connectivity index (χ3n) is 3.41. The molecule has 2 heterocycles. The van der Waals surface area contributed by atoms with E-state index < -0.39 is 0 Å². The summed E-state index contributed by atoms with van der Waals surface area (Å²) in [6.45, 7) is 0.409. The topological polar surface area (TPSA) is 72.1 Å². The highest BCUT2D eigenvalue weighted by atomic mass is 32.2. The standard InChI is InChI=1S/C17H15FN4O2S/c1-22(10-12-2-4-14(18)5-3-12)15(23)11-25-17-21-20-16(24-17)13-6-8-19-9-7-13/h2-9H,10-11H2,1H3. The number of pyridine rings is 1. The van der Waals surface area contributed by atoms with Gasteiger partial charge in [0.2, 0.25) is 11.8 Å². The van der Waals surface area contributed by atoms with E-state index in [2.05, 4.69) is 15.2 Å². The molecular formula is C17H15FN4O2S. The normalized spacial score (nSPS) is 10.6. The van der Waals surface area contributed by atoms with Crippen LogP contribution in [-0.4, -0.2) is 38.8 Å². The Hall–Kier alpha value is -2.74. The highest BCUT2D eigenvalue weighted by molar-refractivity contribution is 7.99. The number of aromatic nitrogens is 3. The summed E-state index contributed by atoms with van der Waals surface area (Å²) in [6.07, 6.45) is 3.28. The summed E-state index contributed by atoms with van der Waals surface area (Å²) in [5.74, 6) is 0.181. The number of amides is 1. The molecule has 0 aliphatic heterocycles. The van der Waals surface area contributed by atoms with E-state index in [9.17, 15) is 9.18 Å². The van der Waals surface area contributed by atoms with Gasteiger partial charge >= 0.3 is 0 Å². The lowest BCUT2D eigenvalue weighted by Gasteiger charge is -2.16. The predicted molar refractivity (Wildman–Crippen MR) is 91.1 cm³/mol. The van der Waals surface area contributed by atoms with Crippen molar-refractivity contribution in [2.75, 3.05) is 12.8 Å². The predicted octanol–water partition coefficient (Wildman–Crippen LogP) is 3.02. The molecule has 0 bridgehead atoms. The van der Waals surface area contributed by atoms with Crippen molar-refractivity contribution in [1.82, 2.24) is 20.1 Å². The van der Waals surface area contributed by atoms with Gasteiger partial charge < -0.3 is 9.32 Å². The number of carbonyl (C=O) groups excluding carboxylic acids is 1. The van der Waals surface area contributed by atoms with Gasteiger partial charge in [0, 0.05) is 31.5 Å². The maximum Gasteiger partial charge on any atom is 0.277 e. The van der Waals surface area contributed by atoms with E-state index in [1.165, 1.54) is 23.9 Å². The van der Waals surface area contributed by atoms with E-state index in [1.807, 2.05) is 0 Å². The largest absolute Gasteiger partial charge is 0.411 e. The molecule has 0 spiro atoms. The van der Waals surface area contributed by atoms with Gasteiger partial charge in [-0.3, -0.25) is 9.78 Å². The van der Waals surface area contributed by atoms with E-state index in [1.54, 1.807) is 48.6 Å². The van der Waals surface area contributed by atoms with Gasteiger partial charge in [0.25, 0.3) is 5.22 Å². The van der Waals surface area contributed by atoms with E-state index in [0.717, 1.165) is 11.1 Å². The average molecular weight is 358 g/mol. The molecule has 0 N–H and O–H groups in total. The monoisotopic (exact) mass is 358 g/mol. The molecule has 3 aromatic rings. The van der Waals surface area contributed by atoms with Crippen LogP contribution in [0.25, 0.3) is 11.5 Å². The van der Waals surface area contributed by atoms with Crippen molar-refractivity contribution in [3.63, 3.8) is 0 Å². The zero-order valence-electron chi connectivity index (χ0n) is 13.4. The fraction of sp³-hybridized carbons (Fsp3) is 0.176. The first kappa shape index (κ1) is 17.1. The number of hydrogen-bond acceptors (Lipinski definition) is 6. The summed E-state index contributed by atoms with van der Waals surface area (Å²) in [7, 11) is 1.70. The first-order chi connectivity index (χ1) is 12.1. The van der Waals surface area contributed by atoms with Crippen LogP contribution in [0, 0.1) is 5.82 Å². The molecule has 6 nitrogen and oxygen atoms in total. The molecule has 0 unspecified atom stereocenters. The van der Waals surface area contributed by atoms with Crippen molar-refractivity contribution >= 4 is 17.7 Å². The van der Waals surface area contributed by atoms with Gasteiger partial charge in [-0.05, 0) is 29.8 Å². The molecule has 25 heavy (non-hydrogen) atoms. The van der Waals surface area contributed by atoms with Crippen LogP contribution < -0.4 is 0 Å². The summed E-state index contributed by atoms with van der Waals surface area (Å²) in [4.78, 5) is 17.7. The van der Waals surface area contributed by atoms with Gasteiger partial charge in [0.1, 0.15) is 5.82 Å². The molecule has 0 radical (unpaired) electrons. The molecular weight excluding hydrogens is 343 g/mol. The Bertz CT molecular complexity index is 839. The Labute approximate surface area is 148 Å². The third kappa shape index (κ3) is 4.63. The molecule has 1 amide bonds. The molecule has 8 heteroatoms. The van der Waals surface area contributed by atoms with Gasteiger partial charge in [-0.2, -0.15) is 0 Å². The van der Waals surface area contributed by atoms with Crippen LogP contribution in [0.15, 0.2) is 58.4 Å². The fourth-order valence-corrected chi connectivity index (χ4v) is 2.77. The minimum absolute atomic E-state index is 0.0852. The minimum atomic E-state index is -0.297. The van der Waals surface area contributed by atoms with Crippen molar-refractivity contribution in [3.8, 4) is 11.5 Å². The SMILES string of the molecule is CN(Cc1ccc(F)cc1)C(=O)CSc1nnc(-c2ccncc2)o1. The molecule has 0 saturated heterocycles. The second kappa shape index (κ2) is 7.89. The number of nitrogens with zero attached hydrogens (tertiary/aromatic N) is 4. The summed E-state index contributed by atoms with van der Waals surface area (Å²) >= 11 is 1.18.